The third-order valence-corrected chi connectivity index (χ3v) is 3.82. The van der Waals surface area contributed by atoms with Crippen LogP contribution in [0.1, 0.15) is 18.9 Å². The standard InChI is InChI=1S/C13H19NO3S/c1-4-9-14(2)13(15)10-11-5-7-12(8-6-11)18(3,16)17/h5-8H,4,9-10H2,1-3H3. The largest absolute Gasteiger partial charge is 0.345 e. The molecule has 0 atom stereocenters. The van der Waals surface area contributed by atoms with E-state index in [1.807, 2.05) is 6.92 Å². The molecule has 0 aromatic heterocycles. The van der Waals surface area contributed by atoms with Gasteiger partial charge in [0.05, 0.1) is 11.3 Å². The third kappa shape index (κ3) is 4.14. The van der Waals surface area contributed by atoms with E-state index in [9.17, 15) is 13.2 Å². The van der Waals surface area contributed by atoms with Gasteiger partial charge in [-0.1, -0.05) is 19.1 Å². The summed E-state index contributed by atoms with van der Waals surface area (Å²) >= 11 is 0. The van der Waals surface area contributed by atoms with Gasteiger partial charge in [0.1, 0.15) is 0 Å². The summed E-state index contributed by atoms with van der Waals surface area (Å²) in [4.78, 5) is 13.8. The van der Waals surface area contributed by atoms with Crippen LogP contribution in [0.5, 0.6) is 0 Å². The number of carbonyl (C=O) groups is 1. The molecule has 0 bridgehead atoms. The molecule has 0 N–H and O–H groups in total. The fourth-order valence-electron chi connectivity index (χ4n) is 1.62. The number of hydrogen-bond donors (Lipinski definition) is 0. The minimum Gasteiger partial charge on any atom is -0.345 e. The van der Waals surface area contributed by atoms with Crippen molar-refractivity contribution in [3.8, 4) is 0 Å². The van der Waals surface area contributed by atoms with E-state index in [0.717, 1.165) is 18.5 Å². The molecule has 0 spiro atoms. The van der Waals surface area contributed by atoms with Crippen molar-refractivity contribution in [2.45, 2.75) is 24.7 Å². The lowest BCUT2D eigenvalue weighted by molar-refractivity contribution is -0.129. The summed E-state index contributed by atoms with van der Waals surface area (Å²) in [6, 6.07) is 6.46. The van der Waals surface area contributed by atoms with E-state index in [2.05, 4.69) is 0 Å². The highest BCUT2D eigenvalue weighted by Crippen LogP contribution is 2.11. The molecule has 1 aromatic rings. The first-order chi connectivity index (χ1) is 8.34. The van der Waals surface area contributed by atoms with E-state index >= 15 is 0 Å². The van der Waals surface area contributed by atoms with E-state index in [1.54, 1.807) is 24.1 Å². The van der Waals surface area contributed by atoms with Crippen molar-refractivity contribution in [3.05, 3.63) is 29.8 Å². The molecule has 1 amide bonds. The van der Waals surface area contributed by atoms with Crippen LogP contribution in [0.2, 0.25) is 0 Å². The number of sulfone groups is 1. The first-order valence-corrected chi connectivity index (χ1v) is 7.76. The van der Waals surface area contributed by atoms with Crippen LogP contribution in [-0.2, 0) is 21.1 Å². The van der Waals surface area contributed by atoms with Gasteiger partial charge in [0.25, 0.3) is 0 Å². The summed E-state index contributed by atoms with van der Waals surface area (Å²) in [6.45, 7) is 2.75. The molecule has 0 aliphatic heterocycles. The lowest BCUT2D eigenvalue weighted by Crippen LogP contribution is -2.28. The molecule has 0 aliphatic carbocycles. The highest BCUT2D eigenvalue weighted by Gasteiger charge is 2.10. The zero-order valence-corrected chi connectivity index (χ0v) is 11.8. The Morgan fingerprint density at radius 2 is 1.78 bits per heavy atom. The number of likely N-dealkylation sites (N-methyl/N-ethyl adjacent to an activating group) is 1. The molecule has 0 fully saturated rings. The van der Waals surface area contributed by atoms with Crippen LogP contribution in [0.3, 0.4) is 0 Å². The molecule has 0 saturated heterocycles. The summed E-state index contributed by atoms with van der Waals surface area (Å²) in [5, 5.41) is 0. The highest BCUT2D eigenvalue weighted by molar-refractivity contribution is 7.90. The molecular weight excluding hydrogens is 250 g/mol. The molecular formula is C13H19NO3S. The van der Waals surface area contributed by atoms with Gasteiger partial charge in [0, 0.05) is 19.8 Å². The van der Waals surface area contributed by atoms with E-state index in [1.165, 1.54) is 18.4 Å². The predicted molar refractivity (Wildman–Crippen MR) is 71.2 cm³/mol. The van der Waals surface area contributed by atoms with Gasteiger partial charge in [-0.25, -0.2) is 8.42 Å². The summed E-state index contributed by atoms with van der Waals surface area (Å²) in [5.41, 5.74) is 0.829. The van der Waals surface area contributed by atoms with Gasteiger partial charge in [-0.3, -0.25) is 4.79 Å². The van der Waals surface area contributed by atoms with Crippen molar-refractivity contribution < 1.29 is 13.2 Å². The predicted octanol–water partition coefficient (Wildman–Crippen LogP) is 1.50. The summed E-state index contributed by atoms with van der Waals surface area (Å²) in [5.74, 6) is 0.0453. The van der Waals surface area contributed by atoms with Crippen LogP contribution in [0.15, 0.2) is 29.2 Å². The molecule has 0 unspecified atom stereocenters. The zero-order valence-electron chi connectivity index (χ0n) is 11.0. The van der Waals surface area contributed by atoms with Gasteiger partial charge in [0.2, 0.25) is 5.91 Å². The summed E-state index contributed by atoms with van der Waals surface area (Å²) in [6.07, 6.45) is 2.40. The van der Waals surface area contributed by atoms with Crippen molar-refractivity contribution in [2.75, 3.05) is 19.8 Å². The Morgan fingerprint density at radius 1 is 1.22 bits per heavy atom. The number of rotatable bonds is 5. The topological polar surface area (TPSA) is 54.5 Å². The van der Waals surface area contributed by atoms with Gasteiger partial charge in [-0.2, -0.15) is 0 Å². The van der Waals surface area contributed by atoms with Crippen LogP contribution in [0.4, 0.5) is 0 Å². The van der Waals surface area contributed by atoms with Crippen molar-refractivity contribution in [2.24, 2.45) is 0 Å². The highest BCUT2D eigenvalue weighted by atomic mass is 32.2. The Kier molecular flexibility index (Phi) is 4.90. The Morgan fingerprint density at radius 3 is 2.22 bits per heavy atom. The maximum atomic E-state index is 11.8. The normalized spacial score (nSPS) is 11.3. The number of carbonyl (C=O) groups excluding carboxylic acids is 1. The zero-order chi connectivity index (χ0) is 13.8. The third-order valence-electron chi connectivity index (χ3n) is 2.69. The van der Waals surface area contributed by atoms with Crippen LogP contribution >= 0.6 is 0 Å². The average molecular weight is 269 g/mol. The van der Waals surface area contributed by atoms with E-state index < -0.39 is 9.84 Å². The van der Waals surface area contributed by atoms with Crippen molar-refractivity contribution in [3.63, 3.8) is 0 Å². The fraction of sp³-hybridized carbons (Fsp3) is 0.462. The molecule has 100 valence electrons. The van der Waals surface area contributed by atoms with E-state index in [-0.39, 0.29) is 10.8 Å². The molecule has 4 nitrogen and oxygen atoms in total. The summed E-state index contributed by atoms with van der Waals surface area (Å²) < 4.78 is 22.6. The number of hydrogen-bond acceptors (Lipinski definition) is 3. The SMILES string of the molecule is CCCN(C)C(=O)Cc1ccc(S(C)(=O)=O)cc1. The van der Waals surface area contributed by atoms with E-state index in [0.29, 0.717) is 6.42 Å². The molecule has 1 rings (SSSR count). The maximum absolute atomic E-state index is 11.8. The molecule has 18 heavy (non-hydrogen) atoms. The Balaban J connectivity index is 2.73. The van der Waals surface area contributed by atoms with Crippen molar-refractivity contribution >= 4 is 15.7 Å². The van der Waals surface area contributed by atoms with Gasteiger partial charge >= 0.3 is 0 Å². The van der Waals surface area contributed by atoms with Gasteiger partial charge in [-0.15, -0.1) is 0 Å². The van der Waals surface area contributed by atoms with Crippen LogP contribution in [0, 0.1) is 0 Å². The Labute approximate surface area is 109 Å². The monoisotopic (exact) mass is 269 g/mol. The molecule has 1 aromatic carbocycles. The fourth-order valence-corrected chi connectivity index (χ4v) is 2.25. The van der Waals surface area contributed by atoms with Gasteiger partial charge < -0.3 is 4.90 Å². The van der Waals surface area contributed by atoms with Gasteiger partial charge in [0.15, 0.2) is 9.84 Å². The lowest BCUT2D eigenvalue weighted by Gasteiger charge is -2.15. The first kappa shape index (κ1) is 14.7. The minimum atomic E-state index is -3.17. The molecule has 0 aliphatic rings. The van der Waals surface area contributed by atoms with Crippen molar-refractivity contribution in [1.82, 2.24) is 4.90 Å². The van der Waals surface area contributed by atoms with Crippen LogP contribution in [0.25, 0.3) is 0 Å². The Hall–Kier alpha value is -1.36. The average Bonchev–Trinajstić information content (AvgIpc) is 2.28. The second-order valence-electron chi connectivity index (χ2n) is 4.41. The van der Waals surface area contributed by atoms with Gasteiger partial charge in [-0.05, 0) is 24.1 Å². The first-order valence-electron chi connectivity index (χ1n) is 5.87. The van der Waals surface area contributed by atoms with Crippen molar-refractivity contribution in [1.29, 1.82) is 0 Å². The molecule has 5 heteroatoms. The number of amides is 1. The van der Waals surface area contributed by atoms with Crippen LogP contribution in [-0.4, -0.2) is 39.1 Å². The molecule has 0 heterocycles. The van der Waals surface area contributed by atoms with Crippen LogP contribution < -0.4 is 0 Å². The summed E-state index contributed by atoms with van der Waals surface area (Å²) in [7, 11) is -1.39. The molecule has 0 radical (unpaired) electrons. The van der Waals surface area contributed by atoms with E-state index in [4.69, 9.17) is 0 Å². The number of nitrogens with zero attached hydrogens (tertiary/aromatic N) is 1. The quantitative estimate of drug-likeness (QED) is 0.814. The molecule has 0 saturated carbocycles. The maximum Gasteiger partial charge on any atom is 0.226 e. The smallest absolute Gasteiger partial charge is 0.226 e. The lowest BCUT2D eigenvalue weighted by atomic mass is 10.1. The Bertz CT molecular complexity index is 506. The second kappa shape index (κ2) is 6.00. The second-order valence-corrected chi connectivity index (χ2v) is 6.42. The number of benzene rings is 1. The minimum absolute atomic E-state index is 0.0453.